The molecule has 0 amide bonds. The molecule has 0 aliphatic carbocycles. The van der Waals surface area contributed by atoms with Gasteiger partial charge in [0, 0.05) is 35.7 Å². The van der Waals surface area contributed by atoms with Gasteiger partial charge in [0.15, 0.2) is 0 Å². The van der Waals surface area contributed by atoms with Gasteiger partial charge in [0.05, 0.1) is 12.8 Å². The number of rotatable bonds is 4. The van der Waals surface area contributed by atoms with Crippen LogP contribution in [0.4, 0.5) is 0 Å². The second-order valence-corrected chi connectivity index (χ2v) is 6.73. The van der Waals surface area contributed by atoms with Crippen molar-refractivity contribution in [2.45, 2.75) is 37.4 Å². The summed E-state index contributed by atoms with van der Waals surface area (Å²) < 4.78 is 5.51. The second kappa shape index (κ2) is 5.94. The summed E-state index contributed by atoms with van der Waals surface area (Å²) in [6.45, 7) is 8.82. The number of hydrogen-bond donors (Lipinski definition) is 1. The van der Waals surface area contributed by atoms with E-state index in [1.165, 1.54) is 18.7 Å². The maximum atomic E-state index is 5.51. The van der Waals surface area contributed by atoms with E-state index in [2.05, 4.69) is 41.9 Å². The van der Waals surface area contributed by atoms with Crippen molar-refractivity contribution < 1.29 is 4.42 Å². The molecule has 3 nitrogen and oxygen atoms in total. The predicted molar refractivity (Wildman–Crippen MR) is 73.3 cm³/mol. The highest BCUT2D eigenvalue weighted by Gasteiger charge is 2.23. The first-order valence-electron chi connectivity index (χ1n) is 6.26. The maximum absolute atomic E-state index is 5.51. The van der Waals surface area contributed by atoms with Crippen molar-refractivity contribution in [3.8, 4) is 0 Å². The van der Waals surface area contributed by atoms with Crippen molar-refractivity contribution in [1.82, 2.24) is 10.2 Å². The summed E-state index contributed by atoms with van der Waals surface area (Å²) in [5.74, 6) is 1.08. The zero-order valence-electron chi connectivity index (χ0n) is 10.9. The van der Waals surface area contributed by atoms with Gasteiger partial charge in [-0.25, -0.2) is 0 Å². The molecular weight excluding hydrogens is 232 g/mol. The molecule has 1 saturated heterocycles. The molecule has 1 aromatic heterocycles. The minimum atomic E-state index is 0.735. The van der Waals surface area contributed by atoms with Crippen molar-refractivity contribution in [1.29, 1.82) is 0 Å². The third kappa shape index (κ3) is 3.50. The third-order valence-electron chi connectivity index (χ3n) is 3.06. The minimum absolute atomic E-state index is 0.735. The van der Waals surface area contributed by atoms with E-state index in [0.29, 0.717) is 0 Å². The smallest absolute Gasteiger partial charge is 0.122 e. The lowest BCUT2D eigenvalue weighted by atomic mass is 10.2. The van der Waals surface area contributed by atoms with Gasteiger partial charge in [-0.05, 0) is 13.1 Å². The van der Waals surface area contributed by atoms with Gasteiger partial charge in [-0.1, -0.05) is 13.8 Å². The Morgan fingerprint density at radius 2 is 2.12 bits per heavy atom. The van der Waals surface area contributed by atoms with Crippen LogP contribution in [0.1, 0.15) is 25.2 Å². The highest BCUT2D eigenvalue weighted by Crippen LogP contribution is 2.26. The Morgan fingerprint density at radius 3 is 2.76 bits per heavy atom. The van der Waals surface area contributed by atoms with Crippen molar-refractivity contribution >= 4 is 11.8 Å². The van der Waals surface area contributed by atoms with Crippen LogP contribution in [0, 0.1) is 0 Å². The van der Waals surface area contributed by atoms with Gasteiger partial charge < -0.3 is 9.73 Å². The molecule has 96 valence electrons. The largest absolute Gasteiger partial charge is 0.468 e. The SMILES string of the molecule is CNCc1occc1CN1CC(C)SC(C)C1. The van der Waals surface area contributed by atoms with E-state index in [1.54, 1.807) is 6.26 Å². The Kier molecular flexibility index (Phi) is 4.54. The fourth-order valence-electron chi connectivity index (χ4n) is 2.48. The summed E-state index contributed by atoms with van der Waals surface area (Å²) in [4.78, 5) is 2.54. The first kappa shape index (κ1) is 13.0. The average molecular weight is 254 g/mol. The first-order chi connectivity index (χ1) is 8.19. The van der Waals surface area contributed by atoms with Crippen LogP contribution in [0.2, 0.25) is 0 Å². The fraction of sp³-hybridized carbons (Fsp3) is 0.692. The van der Waals surface area contributed by atoms with E-state index in [0.717, 1.165) is 29.3 Å². The number of furan rings is 1. The summed E-state index contributed by atoms with van der Waals surface area (Å²) in [5.41, 5.74) is 1.32. The number of thioether (sulfide) groups is 1. The lowest BCUT2D eigenvalue weighted by molar-refractivity contribution is 0.260. The van der Waals surface area contributed by atoms with E-state index < -0.39 is 0 Å². The van der Waals surface area contributed by atoms with Crippen LogP contribution in [0.3, 0.4) is 0 Å². The zero-order chi connectivity index (χ0) is 12.3. The van der Waals surface area contributed by atoms with Gasteiger partial charge in [0.25, 0.3) is 0 Å². The highest BCUT2D eigenvalue weighted by molar-refractivity contribution is 8.00. The Balaban J connectivity index is 1.97. The minimum Gasteiger partial charge on any atom is -0.468 e. The molecule has 1 aliphatic rings. The van der Waals surface area contributed by atoms with Gasteiger partial charge in [0.1, 0.15) is 5.76 Å². The van der Waals surface area contributed by atoms with Crippen molar-refractivity contribution in [2.75, 3.05) is 20.1 Å². The van der Waals surface area contributed by atoms with Crippen LogP contribution in [0.5, 0.6) is 0 Å². The quantitative estimate of drug-likeness (QED) is 0.892. The van der Waals surface area contributed by atoms with E-state index in [4.69, 9.17) is 4.42 Å². The van der Waals surface area contributed by atoms with Crippen molar-refractivity contribution in [3.05, 3.63) is 23.7 Å². The molecule has 17 heavy (non-hydrogen) atoms. The molecule has 0 bridgehead atoms. The molecule has 1 aromatic rings. The number of nitrogens with zero attached hydrogens (tertiary/aromatic N) is 1. The molecule has 1 aliphatic heterocycles. The van der Waals surface area contributed by atoms with Gasteiger partial charge in [-0.3, -0.25) is 4.90 Å². The molecule has 0 spiro atoms. The molecule has 2 heterocycles. The van der Waals surface area contributed by atoms with E-state index >= 15 is 0 Å². The van der Waals surface area contributed by atoms with Crippen LogP contribution in [-0.2, 0) is 13.1 Å². The normalized spacial score (nSPS) is 26.3. The number of hydrogen-bond acceptors (Lipinski definition) is 4. The fourth-order valence-corrected chi connectivity index (χ4v) is 3.86. The average Bonchev–Trinajstić information content (AvgIpc) is 2.65. The summed E-state index contributed by atoms with van der Waals surface area (Å²) in [6, 6.07) is 2.10. The molecule has 2 atom stereocenters. The van der Waals surface area contributed by atoms with Crippen molar-refractivity contribution in [3.63, 3.8) is 0 Å². The van der Waals surface area contributed by atoms with Gasteiger partial charge in [0.2, 0.25) is 0 Å². The van der Waals surface area contributed by atoms with Crippen LogP contribution >= 0.6 is 11.8 Å². The summed E-state index contributed by atoms with van der Waals surface area (Å²) >= 11 is 2.09. The highest BCUT2D eigenvalue weighted by atomic mass is 32.2. The third-order valence-corrected chi connectivity index (χ3v) is 4.29. The predicted octanol–water partition coefficient (Wildman–Crippen LogP) is 2.32. The molecule has 4 heteroatoms. The first-order valence-corrected chi connectivity index (χ1v) is 7.21. The van der Waals surface area contributed by atoms with E-state index in [-0.39, 0.29) is 0 Å². The topological polar surface area (TPSA) is 28.4 Å². The van der Waals surface area contributed by atoms with Gasteiger partial charge in [-0.15, -0.1) is 0 Å². The van der Waals surface area contributed by atoms with Crippen LogP contribution in [0.25, 0.3) is 0 Å². The lowest BCUT2D eigenvalue weighted by Gasteiger charge is -2.34. The van der Waals surface area contributed by atoms with Crippen LogP contribution in [0.15, 0.2) is 16.7 Å². The molecule has 1 N–H and O–H groups in total. The van der Waals surface area contributed by atoms with Crippen LogP contribution in [-0.4, -0.2) is 35.5 Å². The monoisotopic (exact) mass is 254 g/mol. The molecule has 2 rings (SSSR count). The Hall–Kier alpha value is -0.450. The molecule has 2 unspecified atom stereocenters. The summed E-state index contributed by atoms with van der Waals surface area (Å²) in [6.07, 6.45) is 1.80. The molecule has 0 saturated carbocycles. The van der Waals surface area contributed by atoms with E-state index in [9.17, 15) is 0 Å². The second-order valence-electron chi connectivity index (χ2n) is 4.85. The Labute approximate surface area is 108 Å². The standard InChI is InChI=1S/C13H22N2OS/c1-10-7-15(8-11(2)17-10)9-12-4-5-16-13(12)6-14-3/h4-5,10-11,14H,6-9H2,1-3H3. The maximum Gasteiger partial charge on any atom is 0.122 e. The summed E-state index contributed by atoms with van der Waals surface area (Å²) in [5, 5.41) is 4.62. The zero-order valence-corrected chi connectivity index (χ0v) is 11.7. The molecular formula is C13H22N2OS. The van der Waals surface area contributed by atoms with Gasteiger partial charge >= 0.3 is 0 Å². The molecule has 0 radical (unpaired) electrons. The lowest BCUT2D eigenvalue weighted by Crippen LogP contribution is -2.39. The van der Waals surface area contributed by atoms with Crippen LogP contribution < -0.4 is 5.32 Å². The van der Waals surface area contributed by atoms with E-state index in [1.807, 2.05) is 7.05 Å². The molecule has 1 fully saturated rings. The Bertz CT molecular complexity index is 343. The Morgan fingerprint density at radius 1 is 1.41 bits per heavy atom. The van der Waals surface area contributed by atoms with Gasteiger partial charge in [-0.2, -0.15) is 11.8 Å². The van der Waals surface area contributed by atoms with Crippen molar-refractivity contribution in [2.24, 2.45) is 0 Å². The number of nitrogens with one attached hydrogen (secondary N) is 1. The summed E-state index contributed by atoms with van der Waals surface area (Å²) in [7, 11) is 1.95. The molecule has 0 aromatic carbocycles.